The van der Waals surface area contributed by atoms with Crippen LogP contribution in [0.5, 0.6) is 0 Å². The molecule has 0 aliphatic carbocycles. The molecule has 0 unspecified atom stereocenters. The molecule has 180 valence electrons. The summed E-state index contributed by atoms with van der Waals surface area (Å²) in [6.07, 6.45) is 10.5. The molecule has 1 aliphatic rings. The average molecular weight is 479 g/mol. The van der Waals surface area contributed by atoms with Crippen LogP contribution in [0.15, 0.2) is 85.3 Å². The maximum atomic E-state index is 13.2. The minimum Gasteiger partial charge on any atom is -0.338 e. The van der Waals surface area contributed by atoms with Gasteiger partial charge in [0.1, 0.15) is 5.82 Å². The topological polar surface area (TPSA) is 59.0 Å². The van der Waals surface area contributed by atoms with Crippen LogP contribution in [0, 0.1) is 12.7 Å². The van der Waals surface area contributed by atoms with Crippen molar-refractivity contribution in [1.82, 2.24) is 19.9 Å². The number of rotatable bonds is 5. The number of piperidine rings is 1. The molecule has 0 radical (unpaired) electrons. The summed E-state index contributed by atoms with van der Waals surface area (Å²) in [5.41, 5.74) is 5.93. The molecule has 5 nitrogen and oxygen atoms in total. The van der Waals surface area contributed by atoms with Gasteiger partial charge in [-0.25, -0.2) is 14.4 Å². The van der Waals surface area contributed by atoms with Crippen molar-refractivity contribution in [3.63, 3.8) is 0 Å². The van der Waals surface area contributed by atoms with E-state index in [9.17, 15) is 9.18 Å². The highest BCUT2D eigenvalue weighted by molar-refractivity contribution is 5.92. The monoisotopic (exact) mass is 478 g/mol. The Balaban J connectivity index is 1.46. The Bertz CT molecular complexity index is 1390. The van der Waals surface area contributed by atoms with E-state index in [0.29, 0.717) is 18.9 Å². The van der Waals surface area contributed by atoms with E-state index in [0.717, 1.165) is 46.4 Å². The number of aryl methyl sites for hydroxylation is 1. The lowest BCUT2D eigenvalue weighted by Crippen LogP contribution is -2.38. The van der Waals surface area contributed by atoms with Crippen molar-refractivity contribution >= 4 is 12.0 Å². The third kappa shape index (κ3) is 5.23. The van der Waals surface area contributed by atoms with Crippen LogP contribution < -0.4 is 0 Å². The first-order chi connectivity index (χ1) is 17.6. The summed E-state index contributed by atoms with van der Waals surface area (Å²) >= 11 is 0. The molecule has 2 aromatic heterocycles. The minimum absolute atomic E-state index is 0.0510. The molecule has 1 aliphatic heterocycles. The number of hydrogen-bond acceptors (Lipinski definition) is 4. The molecule has 5 rings (SSSR count). The summed E-state index contributed by atoms with van der Waals surface area (Å²) in [4.78, 5) is 28.8. The molecule has 36 heavy (non-hydrogen) atoms. The van der Waals surface area contributed by atoms with Gasteiger partial charge in [-0.1, -0.05) is 36.4 Å². The Kier molecular flexibility index (Phi) is 6.94. The number of hydrogen-bond donors (Lipinski definition) is 0. The molecule has 1 fully saturated rings. The predicted molar refractivity (Wildman–Crippen MR) is 139 cm³/mol. The zero-order chi connectivity index (χ0) is 24.9. The smallest absolute Gasteiger partial charge is 0.246 e. The van der Waals surface area contributed by atoms with E-state index in [4.69, 9.17) is 4.98 Å². The first-order valence-corrected chi connectivity index (χ1v) is 12.1. The second-order valence-corrected chi connectivity index (χ2v) is 9.05. The van der Waals surface area contributed by atoms with Crippen molar-refractivity contribution in [2.45, 2.75) is 25.7 Å². The van der Waals surface area contributed by atoms with E-state index in [1.807, 2.05) is 35.4 Å². The number of amides is 1. The van der Waals surface area contributed by atoms with Crippen LogP contribution in [0.4, 0.5) is 4.39 Å². The summed E-state index contributed by atoms with van der Waals surface area (Å²) in [5.74, 6) is 0.396. The zero-order valence-corrected chi connectivity index (χ0v) is 20.1. The fourth-order valence-electron chi connectivity index (χ4n) is 4.68. The number of pyridine rings is 1. The molecule has 4 aromatic rings. The second-order valence-electron chi connectivity index (χ2n) is 9.05. The Labute approximate surface area is 210 Å². The maximum Gasteiger partial charge on any atom is 0.246 e. The molecule has 2 aromatic carbocycles. The van der Waals surface area contributed by atoms with Gasteiger partial charge in [0.15, 0.2) is 5.82 Å². The van der Waals surface area contributed by atoms with Crippen molar-refractivity contribution in [2.75, 3.05) is 13.1 Å². The van der Waals surface area contributed by atoms with Crippen molar-refractivity contribution in [2.24, 2.45) is 0 Å². The van der Waals surface area contributed by atoms with Gasteiger partial charge in [-0.3, -0.25) is 9.78 Å². The Hall–Kier alpha value is -4.19. The zero-order valence-electron chi connectivity index (χ0n) is 20.1. The molecule has 0 spiro atoms. The van der Waals surface area contributed by atoms with Crippen LogP contribution >= 0.6 is 0 Å². The molecule has 1 amide bonds. The highest BCUT2D eigenvalue weighted by Crippen LogP contribution is 2.35. The van der Waals surface area contributed by atoms with Gasteiger partial charge < -0.3 is 4.90 Å². The summed E-state index contributed by atoms with van der Waals surface area (Å²) in [5, 5.41) is 0. The summed E-state index contributed by atoms with van der Waals surface area (Å²) in [6, 6.07) is 18.2. The van der Waals surface area contributed by atoms with E-state index in [1.165, 1.54) is 12.1 Å². The Morgan fingerprint density at radius 2 is 1.81 bits per heavy atom. The van der Waals surface area contributed by atoms with Gasteiger partial charge in [0, 0.05) is 54.8 Å². The van der Waals surface area contributed by atoms with E-state index >= 15 is 0 Å². The van der Waals surface area contributed by atoms with Gasteiger partial charge in [0.25, 0.3) is 0 Å². The Morgan fingerprint density at radius 3 is 2.58 bits per heavy atom. The van der Waals surface area contributed by atoms with Gasteiger partial charge in [0.05, 0.1) is 5.69 Å². The highest BCUT2D eigenvalue weighted by atomic mass is 19.1. The molecular formula is C30H27FN4O. The van der Waals surface area contributed by atoms with Crippen LogP contribution in [0.25, 0.3) is 28.6 Å². The number of nitrogens with zero attached hydrogens (tertiary/aromatic N) is 4. The van der Waals surface area contributed by atoms with Crippen molar-refractivity contribution < 1.29 is 9.18 Å². The standard InChI is InChI=1S/C30H27FN4O/c1-21-5-2-3-7-26(21)27-19-33-30(23-14-16-32-17-15-23)34-29(27)24-6-4-18-35(20-24)28(36)13-10-22-8-11-25(31)12-9-22/h2-3,5,7-17,19,24H,4,6,18,20H2,1H3/b13-10+/t24-/m0/s1. The number of benzene rings is 2. The summed E-state index contributed by atoms with van der Waals surface area (Å²) < 4.78 is 13.2. The maximum absolute atomic E-state index is 13.2. The van der Waals surface area contributed by atoms with E-state index < -0.39 is 0 Å². The number of likely N-dealkylation sites (tertiary alicyclic amines) is 1. The van der Waals surface area contributed by atoms with E-state index in [1.54, 1.807) is 36.7 Å². The largest absolute Gasteiger partial charge is 0.338 e. The predicted octanol–water partition coefficient (Wildman–Crippen LogP) is 6.07. The lowest BCUT2D eigenvalue weighted by atomic mass is 9.88. The van der Waals surface area contributed by atoms with Crippen molar-refractivity contribution in [1.29, 1.82) is 0 Å². The van der Waals surface area contributed by atoms with Gasteiger partial charge >= 0.3 is 0 Å². The first kappa shape index (κ1) is 23.5. The van der Waals surface area contributed by atoms with Crippen LogP contribution in [-0.2, 0) is 4.79 Å². The molecule has 0 bridgehead atoms. The SMILES string of the molecule is Cc1ccccc1-c1cnc(-c2ccncc2)nc1[C@H]1CCCN(C(=O)/C=C/c2ccc(F)cc2)C1. The molecule has 0 saturated carbocycles. The number of carbonyl (C=O) groups is 1. The lowest BCUT2D eigenvalue weighted by Gasteiger charge is -2.33. The molecular weight excluding hydrogens is 451 g/mol. The molecule has 6 heteroatoms. The molecule has 1 atom stereocenters. The van der Waals surface area contributed by atoms with Crippen LogP contribution in [0.2, 0.25) is 0 Å². The van der Waals surface area contributed by atoms with Crippen LogP contribution in [0.3, 0.4) is 0 Å². The van der Waals surface area contributed by atoms with Gasteiger partial charge in [-0.15, -0.1) is 0 Å². The Morgan fingerprint density at radius 1 is 1.03 bits per heavy atom. The third-order valence-corrected chi connectivity index (χ3v) is 6.60. The normalized spacial score (nSPS) is 15.8. The third-order valence-electron chi connectivity index (χ3n) is 6.60. The van der Waals surface area contributed by atoms with Crippen LogP contribution in [-0.4, -0.2) is 38.8 Å². The van der Waals surface area contributed by atoms with Gasteiger partial charge in [-0.2, -0.15) is 0 Å². The van der Waals surface area contributed by atoms with Gasteiger partial charge in [0.2, 0.25) is 5.91 Å². The van der Waals surface area contributed by atoms with E-state index in [2.05, 4.69) is 29.0 Å². The second kappa shape index (κ2) is 10.6. The number of aromatic nitrogens is 3. The average Bonchev–Trinajstić information content (AvgIpc) is 2.93. The molecule has 3 heterocycles. The van der Waals surface area contributed by atoms with E-state index in [-0.39, 0.29) is 17.6 Å². The molecule has 1 saturated heterocycles. The highest BCUT2D eigenvalue weighted by Gasteiger charge is 2.28. The fraction of sp³-hybridized carbons (Fsp3) is 0.200. The fourth-order valence-corrected chi connectivity index (χ4v) is 4.68. The van der Waals surface area contributed by atoms with Crippen LogP contribution in [0.1, 0.15) is 35.6 Å². The van der Waals surface area contributed by atoms with Crippen molar-refractivity contribution in [3.8, 4) is 22.5 Å². The molecule has 0 N–H and O–H groups in total. The lowest BCUT2D eigenvalue weighted by molar-refractivity contribution is -0.127. The number of halogens is 1. The minimum atomic E-state index is -0.294. The summed E-state index contributed by atoms with van der Waals surface area (Å²) in [7, 11) is 0. The van der Waals surface area contributed by atoms with Gasteiger partial charge in [-0.05, 0) is 66.8 Å². The van der Waals surface area contributed by atoms with Crippen molar-refractivity contribution in [3.05, 3.63) is 108 Å². The first-order valence-electron chi connectivity index (χ1n) is 12.1. The summed E-state index contributed by atoms with van der Waals surface area (Å²) in [6.45, 7) is 3.37. The number of carbonyl (C=O) groups excluding carboxylic acids is 1. The quantitative estimate of drug-likeness (QED) is 0.327.